The van der Waals surface area contributed by atoms with Crippen molar-refractivity contribution < 1.29 is 8.42 Å². The van der Waals surface area contributed by atoms with Crippen molar-refractivity contribution >= 4 is 15.8 Å². The Morgan fingerprint density at radius 3 is 2.68 bits per heavy atom. The highest BCUT2D eigenvalue weighted by molar-refractivity contribution is 7.92. The van der Waals surface area contributed by atoms with Crippen LogP contribution in [0.25, 0.3) is 0 Å². The zero-order chi connectivity index (χ0) is 14.0. The van der Waals surface area contributed by atoms with Crippen LogP contribution in [0, 0.1) is 18.3 Å². The summed E-state index contributed by atoms with van der Waals surface area (Å²) >= 11 is 0. The maximum atomic E-state index is 12.2. The van der Waals surface area contributed by atoms with Gasteiger partial charge in [-0.1, -0.05) is 6.07 Å². The monoisotopic (exact) mass is 276 g/mol. The van der Waals surface area contributed by atoms with Crippen molar-refractivity contribution in [2.45, 2.75) is 11.8 Å². The minimum atomic E-state index is -3.72. The first-order valence-electron chi connectivity index (χ1n) is 5.46. The molecule has 1 heterocycles. The van der Waals surface area contributed by atoms with Gasteiger partial charge in [0.1, 0.15) is 5.82 Å². The third kappa shape index (κ3) is 2.74. The van der Waals surface area contributed by atoms with Gasteiger partial charge in [0.15, 0.2) is 0 Å². The summed E-state index contributed by atoms with van der Waals surface area (Å²) < 4.78 is 28.2. The number of sulfonamides is 1. The molecule has 1 N–H and O–H groups in total. The van der Waals surface area contributed by atoms with E-state index in [2.05, 4.69) is 9.82 Å². The summed E-state index contributed by atoms with van der Waals surface area (Å²) in [4.78, 5) is 0.0467. The van der Waals surface area contributed by atoms with Crippen LogP contribution in [0.3, 0.4) is 0 Å². The van der Waals surface area contributed by atoms with E-state index in [9.17, 15) is 8.42 Å². The number of hydrogen-bond acceptors (Lipinski definition) is 4. The molecule has 19 heavy (non-hydrogen) atoms. The molecule has 0 bridgehead atoms. The number of anilines is 1. The second-order valence-corrected chi connectivity index (χ2v) is 5.72. The van der Waals surface area contributed by atoms with Gasteiger partial charge in [0, 0.05) is 13.1 Å². The topological polar surface area (TPSA) is 87.8 Å². The number of benzene rings is 1. The van der Waals surface area contributed by atoms with Gasteiger partial charge in [-0.3, -0.25) is 9.40 Å². The zero-order valence-electron chi connectivity index (χ0n) is 10.5. The molecular formula is C12H12N4O2S. The summed E-state index contributed by atoms with van der Waals surface area (Å²) in [6.07, 6.45) is 0. The lowest BCUT2D eigenvalue weighted by atomic mass is 10.2. The molecule has 7 heteroatoms. The van der Waals surface area contributed by atoms with Gasteiger partial charge in [-0.2, -0.15) is 10.4 Å². The van der Waals surface area contributed by atoms with Crippen LogP contribution in [-0.2, 0) is 17.1 Å². The Kier molecular flexibility index (Phi) is 3.27. The van der Waals surface area contributed by atoms with E-state index < -0.39 is 10.0 Å². The van der Waals surface area contributed by atoms with E-state index in [1.807, 2.05) is 6.07 Å². The second kappa shape index (κ2) is 4.74. The number of aryl methyl sites for hydroxylation is 2. The van der Waals surface area contributed by atoms with Crippen LogP contribution in [0.5, 0.6) is 0 Å². The summed E-state index contributed by atoms with van der Waals surface area (Å²) in [5.41, 5.74) is 1.01. The number of nitrogens with zero attached hydrogens (tertiary/aromatic N) is 3. The first-order valence-corrected chi connectivity index (χ1v) is 6.94. The number of nitrogens with one attached hydrogen (secondary N) is 1. The van der Waals surface area contributed by atoms with Gasteiger partial charge in [0.25, 0.3) is 10.0 Å². The number of rotatable bonds is 3. The minimum absolute atomic E-state index is 0.0467. The minimum Gasteiger partial charge on any atom is -0.264 e. The molecule has 0 atom stereocenters. The van der Waals surface area contributed by atoms with E-state index in [1.54, 1.807) is 26.1 Å². The summed E-state index contributed by atoms with van der Waals surface area (Å²) in [6, 6.07) is 9.38. The molecule has 0 radical (unpaired) electrons. The summed E-state index contributed by atoms with van der Waals surface area (Å²) in [5.74, 6) is 0.375. The van der Waals surface area contributed by atoms with Gasteiger partial charge in [0.05, 0.1) is 22.2 Å². The molecule has 98 valence electrons. The predicted octanol–water partition coefficient (Wildman–Crippen LogP) is 1.40. The fraction of sp³-hybridized carbons (Fsp3) is 0.167. The van der Waals surface area contributed by atoms with Crippen LogP contribution in [0.1, 0.15) is 11.3 Å². The molecule has 1 aromatic heterocycles. The SMILES string of the molecule is Cc1cc(NS(=O)(=O)c2cccc(C#N)c2)n(C)n1. The molecule has 0 amide bonds. The summed E-state index contributed by atoms with van der Waals surface area (Å²) in [7, 11) is -2.07. The fourth-order valence-electron chi connectivity index (χ4n) is 1.64. The normalized spacial score (nSPS) is 11.0. The van der Waals surface area contributed by atoms with Crippen LogP contribution in [0.15, 0.2) is 35.2 Å². The Morgan fingerprint density at radius 2 is 2.11 bits per heavy atom. The quantitative estimate of drug-likeness (QED) is 0.917. The molecule has 0 unspecified atom stereocenters. The van der Waals surface area contributed by atoms with E-state index >= 15 is 0 Å². The molecular weight excluding hydrogens is 264 g/mol. The van der Waals surface area contributed by atoms with Crippen molar-refractivity contribution in [3.63, 3.8) is 0 Å². The molecule has 0 fully saturated rings. The first-order chi connectivity index (χ1) is 8.92. The van der Waals surface area contributed by atoms with Gasteiger partial charge in [-0.15, -0.1) is 0 Å². The van der Waals surface area contributed by atoms with Crippen LogP contribution < -0.4 is 4.72 Å². The Hall–Kier alpha value is -2.33. The molecule has 0 aliphatic rings. The number of hydrogen-bond donors (Lipinski definition) is 1. The summed E-state index contributed by atoms with van der Waals surface area (Å²) in [5, 5.41) is 12.8. The largest absolute Gasteiger partial charge is 0.264 e. The highest BCUT2D eigenvalue weighted by Crippen LogP contribution is 2.17. The van der Waals surface area contributed by atoms with Crippen LogP contribution in [0.2, 0.25) is 0 Å². The highest BCUT2D eigenvalue weighted by Gasteiger charge is 2.16. The first kappa shape index (κ1) is 13.1. The van der Waals surface area contributed by atoms with Crippen molar-refractivity contribution in [3.8, 4) is 6.07 Å². The fourth-order valence-corrected chi connectivity index (χ4v) is 2.76. The lowest BCUT2D eigenvalue weighted by molar-refractivity contribution is 0.600. The zero-order valence-corrected chi connectivity index (χ0v) is 11.3. The van der Waals surface area contributed by atoms with E-state index in [0.29, 0.717) is 17.1 Å². The average molecular weight is 276 g/mol. The Balaban J connectivity index is 2.38. The smallest absolute Gasteiger partial charge is 0.263 e. The molecule has 0 saturated carbocycles. The summed E-state index contributed by atoms with van der Waals surface area (Å²) in [6.45, 7) is 1.77. The van der Waals surface area contributed by atoms with Gasteiger partial charge >= 0.3 is 0 Å². The number of aromatic nitrogens is 2. The van der Waals surface area contributed by atoms with E-state index in [4.69, 9.17) is 5.26 Å². The van der Waals surface area contributed by atoms with Crippen LogP contribution in [0.4, 0.5) is 5.82 Å². The van der Waals surface area contributed by atoms with Crippen molar-refractivity contribution in [1.29, 1.82) is 5.26 Å². The molecule has 0 aliphatic carbocycles. The Bertz CT molecular complexity index is 756. The molecule has 2 aromatic rings. The molecule has 0 aliphatic heterocycles. The third-order valence-corrected chi connectivity index (χ3v) is 3.87. The molecule has 1 aromatic carbocycles. The van der Waals surface area contributed by atoms with Crippen molar-refractivity contribution in [2.24, 2.45) is 7.05 Å². The third-order valence-electron chi connectivity index (χ3n) is 2.51. The van der Waals surface area contributed by atoms with E-state index in [-0.39, 0.29) is 4.90 Å². The Morgan fingerprint density at radius 1 is 1.37 bits per heavy atom. The van der Waals surface area contributed by atoms with E-state index in [1.165, 1.54) is 22.9 Å². The lowest BCUT2D eigenvalue weighted by Crippen LogP contribution is -2.15. The second-order valence-electron chi connectivity index (χ2n) is 4.04. The highest BCUT2D eigenvalue weighted by atomic mass is 32.2. The van der Waals surface area contributed by atoms with E-state index in [0.717, 1.165) is 0 Å². The molecule has 0 saturated heterocycles. The maximum absolute atomic E-state index is 12.2. The van der Waals surface area contributed by atoms with Gasteiger partial charge in [-0.05, 0) is 25.1 Å². The standard InChI is InChI=1S/C12H12N4O2S/c1-9-6-12(16(2)14-9)15-19(17,18)11-5-3-4-10(7-11)8-13/h3-7,15H,1-2H3. The van der Waals surface area contributed by atoms with Gasteiger partial charge in [0.2, 0.25) is 0 Å². The number of nitriles is 1. The molecule has 0 spiro atoms. The maximum Gasteiger partial charge on any atom is 0.263 e. The lowest BCUT2D eigenvalue weighted by Gasteiger charge is -2.07. The average Bonchev–Trinajstić information content (AvgIpc) is 2.67. The predicted molar refractivity (Wildman–Crippen MR) is 69.9 cm³/mol. The van der Waals surface area contributed by atoms with Crippen LogP contribution >= 0.6 is 0 Å². The molecule has 6 nitrogen and oxygen atoms in total. The van der Waals surface area contributed by atoms with Gasteiger partial charge in [-0.25, -0.2) is 8.42 Å². The van der Waals surface area contributed by atoms with Crippen LogP contribution in [-0.4, -0.2) is 18.2 Å². The van der Waals surface area contributed by atoms with Crippen molar-refractivity contribution in [3.05, 3.63) is 41.6 Å². The molecule has 2 rings (SSSR count). The van der Waals surface area contributed by atoms with Crippen molar-refractivity contribution in [1.82, 2.24) is 9.78 Å². The van der Waals surface area contributed by atoms with Gasteiger partial charge < -0.3 is 0 Å². The van der Waals surface area contributed by atoms with Crippen molar-refractivity contribution in [2.75, 3.05) is 4.72 Å². The Labute approximate surface area is 111 Å².